The number of anilines is 1. The Bertz CT molecular complexity index is 543. The van der Waals surface area contributed by atoms with Crippen LogP contribution in [-0.2, 0) is 0 Å². The van der Waals surface area contributed by atoms with E-state index in [2.05, 4.69) is 47.9 Å². The van der Waals surface area contributed by atoms with Gasteiger partial charge in [0.15, 0.2) is 0 Å². The fourth-order valence-corrected chi connectivity index (χ4v) is 2.47. The summed E-state index contributed by atoms with van der Waals surface area (Å²) in [6.45, 7) is 10.8. The Labute approximate surface area is 121 Å². The van der Waals surface area contributed by atoms with Crippen LogP contribution < -0.4 is 5.32 Å². The number of rotatable bonds is 6. The molecule has 2 rings (SSSR count). The third kappa shape index (κ3) is 3.67. The first-order chi connectivity index (χ1) is 9.58. The summed E-state index contributed by atoms with van der Waals surface area (Å²) in [5.41, 5.74) is 0.981. The highest BCUT2D eigenvalue weighted by Gasteiger charge is 2.12. The molecule has 0 bridgehead atoms. The van der Waals surface area contributed by atoms with E-state index in [0.717, 1.165) is 24.0 Å². The maximum atomic E-state index is 4.52. The third-order valence-corrected chi connectivity index (χ3v) is 3.47. The fourth-order valence-electron chi connectivity index (χ4n) is 2.47. The average Bonchev–Trinajstić information content (AvgIpc) is 2.42. The molecule has 1 N–H and O–H groups in total. The van der Waals surface area contributed by atoms with Crippen molar-refractivity contribution in [2.75, 3.05) is 18.4 Å². The lowest BCUT2D eigenvalue weighted by Gasteiger charge is -2.30. The lowest BCUT2D eigenvalue weighted by atomic mass is 10.2. The van der Waals surface area contributed by atoms with Crippen molar-refractivity contribution < 1.29 is 0 Å². The maximum absolute atomic E-state index is 4.52. The van der Waals surface area contributed by atoms with Crippen molar-refractivity contribution in [2.45, 2.75) is 39.8 Å². The van der Waals surface area contributed by atoms with Crippen LogP contribution in [0.1, 0.15) is 27.7 Å². The summed E-state index contributed by atoms with van der Waals surface area (Å²) < 4.78 is 0. The Kier molecular flexibility index (Phi) is 4.90. The highest BCUT2D eigenvalue weighted by Crippen LogP contribution is 2.11. The molecular formula is C16H24N4. The zero-order valence-corrected chi connectivity index (χ0v) is 12.8. The molecule has 2 aromatic rings. The van der Waals surface area contributed by atoms with Gasteiger partial charge in [-0.2, -0.15) is 0 Å². The lowest BCUT2D eigenvalue weighted by molar-refractivity contribution is 0.182. The molecule has 0 spiro atoms. The van der Waals surface area contributed by atoms with E-state index >= 15 is 0 Å². The molecule has 0 saturated carbocycles. The molecule has 4 nitrogen and oxygen atoms in total. The number of nitrogens with zero attached hydrogens (tertiary/aromatic N) is 3. The molecule has 1 aromatic heterocycles. The van der Waals surface area contributed by atoms with Crippen molar-refractivity contribution in [3.63, 3.8) is 0 Å². The standard InChI is InChI=1S/C16H24N4/c1-12(2)20(13(3)4)10-9-17-16-18-11-14-7-5-6-8-15(14)19-16/h5-8,11-13H,9-10H2,1-4H3,(H,17,18,19). The van der Waals surface area contributed by atoms with Gasteiger partial charge in [-0.15, -0.1) is 0 Å². The number of benzene rings is 1. The van der Waals surface area contributed by atoms with E-state index in [-0.39, 0.29) is 0 Å². The molecule has 0 saturated heterocycles. The van der Waals surface area contributed by atoms with Gasteiger partial charge < -0.3 is 5.32 Å². The van der Waals surface area contributed by atoms with Crippen molar-refractivity contribution in [3.05, 3.63) is 30.5 Å². The van der Waals surface area contributed by atoms with Crippen molar-refractivity contribution in [3.8, 4) is 0 Å². The van der Waals surface area contributed by atoms with Crippen LogP contribution in [-0.4, -0.2) is 40.0 Å². The molecule has 0 aliphatic heterocycles. The van der Waals surface area contributed by atoms with Gasteiger partial charge in [0.25, 0.3) is 0 Å². The van der Waals surface area contributed by atoms with Crippen LogP contribution in [0.15, 0.2) is 30.5 Å². The molecule has 0 radical (unpaired) electrons. The molecule has 0 amide bonds. The monoisotopic (exact) mass is 272 g/mol. The van der Waals surface area contributed by atoms with Crippen LogP contribution in [0.5, 0.6) is 0 Å². The summed E-state index contributed by atoms with van der Waals surface area (Å²) in [6, 6.07) is 9.14. The van der Waals surface area contributed by atoms with Gasteiger partial charge in [0.2, 0.25) is 5.95 Å². The van der Waals surface area contributed by atoms with E-state index in [1.54, 1.807) is 0 Å². The second kappa shape index (κ2) is 6.66. The van der Waals surface area contributed by atoms with Gasteiger partial charge in [0.1, 0.15) is 0 Å². The normalized spacial score (nSPS) is 11.8. The first kappa shape index (κ1) is 14.7. The van der Waals surface area contributed by atoms with Crippen molar-refractivity contribution in [1.82, 2.24) is 14.9 Å². The van der Waals surface area contributed by atoms with Gasteiger partial charge in [-0.05, 0) is 33.8 Å². The molecule has 1 aromatic carbocycles. The molecule has 0 atom stereocenters. The zero-order valence-electron chi connectivity index (χ0n) is 12.8. The minimum atomic E-state index is 0.550. The first-order valence-corrected chi connectivity index (χ1v) is 7.29. The topological polar surface area (TPSA) is 41.0 Å². The number of hydrogen-bond donors (Lipinski definition) is 1. The summed E-state index contributed by atoms with van der Waals surface area (Å²) >= 11 is 0. The van der Waals surface area contributed by atoms with Crippen LogP contribution in [0.4, 0.5) is 5.95 Å². The van der Waals surface area contributed by atoms with Crippen molar-refractivity contribution >= 4 is 16.9 Å². The van der Waals surface area contributed by atoms with Crippen LogP contribution in [0.25, 0.3) is 10.9 Å². The maximum Gasteiger partial charge on any atom is 0.223 e. The second-order valence-corrected chi connectivity index (χ2v) is 5.60. The summed E-state index contributed by atoms with van der Waals surface area (Å²) in [4.78, 5) is 11.3. The quantitative estimate of drug-likeness (QED) is 0.877. The zero-order chi connectivity index (χ0) is 14.5. The predicted octanol–water partition coefficient (Wildman–Crippen LogP) is 3.16. The van der Waals surface area contributed by atoms with E-state index in [1.165, 1.54) is 0 Å². The largest absolute Gasteiger partial charge is 0.353 e. The molecular weight excluding hydrogens is 248 g/mol. The third-order valence-electron chi connectivity index (χ3n) is 3.47. The average molecular weight is 272 g/mol. The molecule has 108 valence electrons. The molecule has 0 aliphatic carbocycles. The first-order valence-electron chi connectivity index (χ1n) is 7.29. The molecule has 0 unspecified atom stereocenters. The minimum Gasteiger partial charge on any atom is -0.353 e. The number of hydrogen-bond acceptors (Lipinski definition) is 4. The van der Waals surface area contributed by atoms with Gasteiger partial charge in [0, 0.05) is 36.8 Å². The number of para-hydroxylation sites is 1. The summed E-state index contributed by atoms with van der Waals surface area (Å²) in [5.74, 6) is 0.705. The Morgan fingerprint density at radius 2 is 1.80 bits per heavy atom. The Morgan fingerprint density at radius 3 is 2.50 bits per heavy atom. The van der Waals surface area contributed by atoms with Crippen LogP contribution in [0, 0.1) is 0 Å². The van der Waals surface area contributed by atoms with E-state index in [1.807, 2.05) is 30.5 Å². The van der Waals surface area contributed by atoms with Crippen LogP contribution >= 0.6 is 0 Å². The summed E-state index contributed by atoms with van der Waals surface area (Å²) in [5, 5.41) is 4.39. The van der Waals surface area contributed by atoms with Crippen molar-refractivity contribution in [2.24, 2.45) is 0 Å². The number of fused-ring (bicyclic) bond motifs is 1. The van der Waals surface area contributed by atoms with E-state index in [0.29, 0.717) is 18.0 Å². The fraction of sp³-hybridized carbons (Fsp3) is 0.500. The molecule has 4 heteroatoms. The SMILES string of the molecule is CC(C)N(CCNc1ncc2ccccc2n1)C(C)C. The van der Waals surface area contributed by atoms with E-state index in [4.69, 9.17) is 0 Å². The summed E-state index contributed by atoms with van der Waals surface area (Å²) in [7, 11) is 0. The van der Waals surface area contributed by atoms with Gasteiger partial charge in [-0.3, -0.25) is 4.90 Å². The lowest BCUT2D eigenvalue weighted by Crippen LogP contribution is -2.40. The highest BCUT2D eigenvalue weighted by atomic mass is 15.2. The van der Waals surface area contributed by atoms with Crippen molar-refractivity contribution in [1.29, 1.82) is 0 Å². The smallest absolute Gasteiger partial charge is 0.223 e. The van der Waals surface area contributed by atoms with Crippen LogP contribution in [0.2, 0.25) is 0 Å². The minimum absolute atomic E-state index is 0.550. The molecule has 0 fully saturated rings. The number of aromatic nitrogens is 2. The van der Waals surface area contributed by atoms with Gasteiger partial charge in [-0.25, -0.2) is 9.97 Å². The molecule has 0 aliphatic rings. The van der Waals surface area contributed by atoms with Gasteiger partial charge in [0.05, 0.1) is 5.52 Å². The van der Waals surface area contributed by atoms with Crippen LogP contribution in [0.3, 0.4) is 0 Å². The number of nitrogens with one attached hydrogen (secondary N) is 1. The van der Waals surface area contributed by atoms with E-state index < -0.39 is 0 Å². The molecule has 1 heterocycles. The Balaban J connectivity index is 1.95. The van der Waals surface area contributed by atoms with E-state index in [9.17, 15) is 0 Å². The molecule has 20 heavy (non-hydrogen) atoms. The second-order valence-electron chi connectivity index (χ2n) is 5.60. The predicted molar refractivity (Wildman–Crippen MR) is 85.0 cm³/mol. The van der Waals surface area contributed by atoms with Gasteiger partial charge >= 0.3 is 0 Å². The Hall–Kier alpha value is -1.68. The van der Waals surface area contributed by atoms with Gasteiger partial charge in [-0.1, -0.05) is 18.2 Å². The Morgan fingerprint density at radius 1 is 1.10 bits per heavy atom. The summed E-state index contributed by atoms with van der Waals surface area (Å²) in [6.07, 6.45) is 1.87. The highest BCUT2D eigenvalue weighted by molar-refractivity contribution is 5.78.